The molecule has 0 bridgehead atoms. The molecule has 1 nitrogen and oxygen atoms in total. The van der Waals surface area contributed by atoms with Gasteiger partial charge in [-0.3, -0.25) is 0 Å². The molecule has 2 heteroatoms. The van der Waals surface area contributed by atoms with Crippen LogP contribution in [-0.4, -0.2) is 6.04 Å². The summed E-state index contributed by atoms with van der Waals surface area (Å²) in [5.74, 6) is 0. The van der Waals surface area contributed by atoms with E-state index in [1.54, 1.807) is 0 Å². The van der Waals surface area contributed by atoms with Crippen LogP contribution in [0.1, 0.15) is 26.7 Å². The fourth-order valence-corrected chi connectivity index (χ4v) is 1.56. The Kier molecular flexibility index (Phi) is 3.61. The second-order valence-corrected chi connectivity index (χ2v) is 4.00. The third kappa shape index (κ3) is 3.27. The highest BCUT2D eigenvalue weighted by molar-refractivity contribution is 6.30. The normalized spacial score (nSPS) is 23.5. The summed E-state index contributed by atoms with van der Waals surface area (Å²) in [6, 6.07) is 0.594. The maximum atomic E-state index is 5.65. The van der Waals surface area contributed by atoms with Gasteiger partial charge < -0.3 is 5.32 Å². The van der Waals surface area contributed by atoms with Crippen molar-refractivity contribution in [2.24, 2.45) is 0 Å². The van der Waals surface area contributed by atoms with Crippen LogP contribution in [0.4, 0.5) is 0 Å². The molecular formula is C11H16ClN. The predicted octanol–water partition coefficient (Wildman–Crippen LogP) is 3.34. The predicted molar refractivity (Wildman–Crippen MR) is 58.7 cm³/mol. The molecule has 0 spiro atoms. The van der Waals surface area contributed by atoms with Gasteiger partial charge in [0.25, 0.3) is 0 Å². The summed E-state index contributed by atoms with van der Waals surface area (Å²) >= 11 is 5.65. The lowest BCUT2D eigenvalue weighted by Crippen LogP contribution is -2.28. The number of allylic oxidation sites excluding steroid dienone is 5. The van der Waals surface area contributed by atoms with Gasteiger partial charge in [0.2, 0.25) is 0 Å². The molecule has 0 saturated heterocycles. The number of rotatable bonds is 2. The molecule has 1 heterocycles. The zero-order valence-electron chi connectivity index (χ0n) is 8.23. The van der Waals surface area contributed by atoms with Gasteiger partial charge in [-0.25, -0.2) is 0 Å². The Bertz CT molecular complexity index is 263. The summed E-state index contributed by atoms with van der Waals surface area (Å²) in [7, 11) is 0. The molecule has 0 amide bonds. The Morgan fingerprint density at radius 2 is 2.38 bits per heavy atom. The Hall–Kier alpha value is -0.690. The SMILES string of the molecule is C=C(Cl)/C=C\C1=C(C)NC(C)CC1. The molecule has 1 unspecified atom stereocenters. The van der Waals surface area contributed by atoms with Crippen LogP contribution in [0.5, 0.6) is 0 Å². The molecule has 0 aromatic carbocycles. The van der Waals surface area contributed by atoms with Gasteiger partial charge in [-0.05, 0) is 38.3 Å². The van der Waals surface area contributed by atoms with E-state index in [9.17, 15) is 0 Å². The first-order chi connectivity index (χ1) is 6.09. The zero-order valence-corrected chi connectivity index (χ0v) is 8.99. The summed E-state index contributed by atoms with van der Waals surface area (Å²) in [5.41, 5.74) is 2.59. The highest BCUT2D eigenvalue weighted by Gasteiger charge is 2.11. The molecule has 0 saturated carbocycles. The Balaban J connectivity index is 2.68. The highest BCUT2D eigenvalue weighted by Crippen LogP contribution is 2.19. The Morgan fingerprint density at radius 1 is 1.69 bits per heavy atom. The summed E-state index contributed by atoms with van der Waals surface area (Å²) in [6.45, 7) is 7.92. The molecule has 1 atom stereocenters. The summed E-state index contributed by atoms with van der Waals surface area (Å²) in [6.07, 6.45) is 6.20. The minimum atomic E-state index is 0.582. The van der Waals surface area contributed by atoms with Crippen molar-refractivity contribution in [3.8, 4) is 0 Å². The fourth-order valence-electron chi connectivity index (χ4n) is 1.49. The molecule has 1 rings (SSSR count). The van der Waals surface area contributed by atoms with Crippen molar-refractivity contribution in [2.45, 2.75) is 32.7 Å². The summed E-state index contributed by atoms with van der Waals surface area (Å²) < 4.78 is 0. The molecule has 0 radical (unpaired) electrons. The van der Waals surface area contributed by atoms with Crippen molar-refractivity contribution in [2.75, 3.05) is 0 Å². The van der Waals surface area contributed by atoms with Crippen molar-refractivity contribution in [1.29, 1.82) is 0 Å². The summed E-state index contributed by atoms with van der Waals surface area (Å²) in [5, 5.41) is 3.99. The van der Waals surface area contributed by atoms with Gasteiger partial charge in [-0.2, -0.15) is 0 Å². The fraction of sp³-hybridized carbons (Fsp3) is 0.455. The molecule has 0 fully saturated rings. The lowest BCUT2D eigenvalue weighted by molar-refractivity contribution is 0.533. The molecule has 0 aromatic heterocycles. The highest BCUT2D eigenvalue weighted by atomic mass is 35.5. The summed E-state index contributed by atoms with van der Waals surface area (Å²) in [4.78, 5) is 0. The number of halogens is 1. The van der Waals surface area contributed by atoms with Gasteiger partial charge in [-0.15, -0.1) is 0 Å². The smallest absolute Gasteiger partial charge is 0.0334 e. The van der Waals surface area contributed by atoms with Crippen LogP contribution in [0.25, 0.3) is 0 Å². The molecule has 1 N–H and O–H groups in total. The van der Waals surface area contributed by atoms with Crippen molar-refractivity contribution in [3.63, 3.8) is 0 Å². The van der Waals surface area contributed by atoms with E-state index in [0.717, 1.165) is 6.42 Å². The lowest BCUT2D eigenvalue weighted by Gasteiger charge is -2.23. The zero-order chi connectivity index (χ0) is 9.84. The first kappa shape index (κ1) is 10.4. The molecular weight excluding hydrogens is 182 g/mol. The van der Waals surface area contributed by atoms with Crippen LogP contribution in [0.2, 0.25) is 0 Å². The van der Waals surface area contributed by atoms with Crippen molar-refractivity contribution in [3.05, 3.63) is 35.0 Å². The Labute approximate surface area is 85.2 Å². The van der Waals surface area contributed by atoms with E-state index in [1.165, 1.54) is 17.7 Å². The van der Waals surface area contributed by atoms with Gasteiger partial charge in [0.1, 0.15) is 0 Å². The van der Waals surface area contributed by atoms with E-state index < -0.39 is 0 Å². The minimum Gasteiger partial charge on any atom is -0.386 e. The molecule has 0 aliphatic carbocycles. The number of nitrogens with one attached hydrogen (secondary N) is 1. The average Bonchev–Trinajstić information content (AvgIpc) is 2.02. The van der Waals surface area contributed by atoms with E-state index in [0.29, 0.717) is 11.1 Å². The quantitative estimate of drug-likeness (QED) is 0.670. The van der Waals surface area contributed by atoms with Gasteiger partial charge in [0, 0.05) is 16.8 Å². The van der Waals surface area contributed by atoms with E-state index in [-0.39, 0.29) is 0 Å². The average molecular weight is 198 g/mol. The second kappa shape index (κ2) is 4.52. The van der Waals surface area contributed by atoms with Crippen LogP contribution in [0, 0.1) is 0 Å². The molecule has 13 heavy (non-hydrogen) atoms. The van der Waals surface area contributed by atoms with E-state index in [4.69, 9.17) is 11.6 Å². The van der Waals surface area contributed by atoms with E-state index in [2.05, 4.69) is 25.7 Å². The second-order valence-electron chi connectivity index (χ2n) is 3.51. The van der Waals surface area contributed by atoms with Crippen LogP contribution in [0.3, 0.4) is 0 Å². The van der Waals surface area contributed by atoms with Crippen LogP contribution < -0.4 is 5.32 Å². The monoisotopic (exact) mass is 197 g/mol. The van der Waals surface area contributed by atoms with E-state index >= 15 is 0 Å². The maximum Gasteiger partial charge on any atom is 0.0334 e. The topological polar surface area (TPSA) is 12.0 Å². The first-order valence-corrected chi connectivity index (χ1v) is 4.96. The standard InChI is InChI=1S/C11H16ClN/c1-8(12)4-6-11-7-5-9(2)13-10(11)3/h4,6,9,13H,1,5,7H2,2-3H3/b6-4-. The maximum absolute atomic E-state index is 5.65. The van der Waals surface area contributed by atoms with Crippen LogP contribution >= 0.6 is 11.6 Å². The minimum absolute atomic E-state index is 0.582. The molecule has 0 aromatic rings. The van der Waals surface area contributed by atoms with Crippen molar-refractivity contribution in [1.82, 2.24) is 5.32 Å². The molecule has 1 aliphatic rings. The van der Waals surface area contributed by atoms with Crippen LogP contribution in [0.15, 0.2) is 35.0 Å². The van der Waals surface area contributed by atoms with Crippen LogP contribution in [-0.2, 0) is 0 Å². The van der Waals surface area contributed by atoms with E-state index in [1.807, 2.05) is 12.2 Å². The molecule has 1 aliphatic heterocycles. The van der Waals surface area contributed by atoms with Gasteiger partial charge in [0.15, 0.2) is 0 Å². The van der Waals surface area contributed by atoms with Gasteiger partial charge >= 0.3 is 0 Å². The van der Waals surface area contributed by atoms with Crippen molar-refractivity contribution < 1.29 is 0 Å². The number of hydrogen-bond acceptors (Lipinski definition) is 1. The first-order valence-electron chi connectivity index (χ1n) is 4.58. The van der Waals surface area contributed by atoms with Gasteiger partial charge in [-0.1, -0.05) is 24.3 Å². The Morgan fingerprint density at radius 3 is 2.92 bits per heavy atom. The van der Waals surface area contributed by atoms with Gasteiger partial charge in [0.05, 0.1) is 0 Å². The third-order valence-corrected chi connectivity index (χ3v) is 2.38. The largest absolute Gasteiger partial charge is 0.386 e. The molecule has 72 valence electrons. The number of hydrogen-bond donors (Lipinski definition) is 1. The lowest BCUT2D eigenvalue weighted by atomic mass is 9.99. The van der Waals surface area contributed by atoms with Crippen molar-refractivity contribution >= 4 is 11.6 Å². The third-order valence-electron chi connectivity index (χ3n) is 2.26.